The van der Waals surface area contributed by atoms with Crippen molar-refractivity contribution in [2.24, 2.45) is 0 Å². The molecule has 3 aromatic heterocycles. The highest BCUT2D eigenvalue weighted by Crippen LogP contribution is 2.24. The van der Waals surface area contributed by atoms with E-state index in [1.54, 1.807) is 0 Å². The van der Waals surface area contributed by atoms with E-state index < -0.39 is 0 Å². The zero-order valence-electron chi connectivity index (χ0n) is 13.6. The van der Waals surface area contributed by atoms with Crippen LogP contribution in [-0.4, -0.2) is 37.3 Å². The van der Waals surface area contributed by atoms with Gasteiger partial charge in [-0.25, -0.2) is 4.98 Å². The van der Waals surface area contributed by atoms with Gasteiger partial charge in [-0.2, -0.15) is 0 Å². The summed E-state index contributed by atoms with van der Waals surface area (Å²) in [4.78, 5) is 16.5. The van der Waals surface area contributed by atoms with Gasteiger partial charge >= 0.3 is 0 Å². The van der Waals surface area contributed by atoms with Crippen LogP contribution in [0, 0.1) is 13.8 Å². The van der Waals surface area contributed by atoms with Crippen LogP contribution in [0.25, 0.3) is 16.7 Å². The fourth-order valence-electron chi connectivity index (χ4n) is 2.54. The van der Waals surface area contributed by atoms with Crippen molar-refractivity contribution in [3.05, 3.63) is 29.5 Å². The van der Waals surface area contributed by atoms with Crippen LogP contribution in [0.3, 0.4) is 0 Å². The third kappa shape index (κ3) is 3.14. The number of hydrogen-bond acceptors (Lipinski definition) is 5. The van der Waals surface area contributed by atoms with E-state index in [2.05, 4.69) is 33.5 Å². The zero-order valence-corrected chi connectivity index (χ0v) is 14.4. The smallest absolute Gasteiger partial charge is 0.230 e. The molecule has 23 heavy (non-hydrogen) atoms. The van der Waals surface area contributed by atoms with Gasteiger partial charge in [0.25, 0.3) is 0 Å². The molecule has 0 bridgehead atoms. The minimum atomic E-state index is -0.0118. The van der Waals surface area contributed by atoms with E-state index in [0.717, 1.165) is 27.9 Å². The van der Waals surface area contributed by atoms with Gasteiger partial charge in [0.15, 0.2) is 10.8 Å². The Bertz CT molecular complexity index is 887. The zero-order chi connectivity index (χ0) is 16.6. The van der Waals surface area contributed by atoms with Crippen molar-refractivity contribution in [2.45, 2.75) is 38.9 Å². The molecule has 0 aliphatic rings. The Labute approximate surface area is 138 Å². The van der Waals surface area contributed by atoms with Crippen LogP contribution >= 0.6 is 11.8 Å². The Hall–Kier alpha value is -2.15. The lowest BCUT2D eigenvalue weighted by Gasteiger charge is -2.09. The molecule has 0 aliphatic carbocycles. The molecule has 120 valence electrons. The Morgan fingerprint density at radius 2 is 2.09 bits per heavy atom. The maximum Gasteiger partial charge on any atom is 0.230 e. The van der Waals surface area contributed by atoms with Crippen molar-refractivity contribution in [2.75, 3.05) is 5.75 Å². The maximum absolute atomic E-state index is 11.9. The van der Waals surface area contributed by atoms with Crippen molar-refractivity contribution in [3.63, 3.8) is 0 Å². The number of amides is 1. The molecular formula is C16H19N5OS. The molecule has 0 aromatic carbocycles. The van der Waals surface area contributed by atoms with Crippen LogP contribution < -0.4 is 5.32 Å². The first kappa shape index (κ1) is 15.7. The Morgan fingerprint density at radius 3 is 2.83 bits per heavy atom. The number of fused-ring (bicyclic) bond motifs is 3. The molecule has 1 N–H and O–H groups in total. The van der Waals surface area contributed by atoms with Crippen molar-refractivity contribution < 1.29 is 4.79 Å². The molecule has 6 nitrogen and oxygen atoms in total. The molecule has 0 unspecified atom stereocenters. The van der Waals surface area contributed by atoms with Crippen molar-refractivity contribution >= 4 is 34.3 Å². The van der Waals surface area contributed by atoms with Gasteiger partial charge in [-0.3, -0.25) is 9.20 Å². The van der Waals surface area contributed by atoms with E-state index in [1.165, 1.54) is 11.8 Å². The number of hydrogen-bond donors (Lipinski definition) is 1. The average Bonchev–Trinajstić information content (AvgIpc) is 2.87. The summed E-state index contributed by atoms with van der Waals surface area (Å²) in [6.07, 6.45) is 0. The van der Waals surface area contributed by atoms with Gasteiger partial charge < -0.3 is 5.32 Å². The highest BCUT2D eigenvalue weighted by Gasteiger charge is 2.14. The van der Waals surface area contributed by atoms with Gasteiger partial charge in [0, 0.05) is 17.1 Å². The van der Waals surface area contributed by atoms with E-state index in [9.17, 15) is 4.79 Å². The van der Waals surface area contributed by atoms with Gasteiger partial charge in [-0.15, -0.1) is 10.2 Å². The molecule has 3 rings (SSSR count). The van der Waals surface area contributed by atoms with Crippen molar-refractivity contribution in [1.29, 1.82) is 0 Å². The van der Waals surface area contributed by atoms with E-state index in [4.69, 9.17) is 0 Å². The van der Waals surface area contributed by atoms with Crippen LogP contribution in [0.5, 0.6) is 0 Å². The van der Waals surface area contributed by atoms with Crippen molar-refractivity contribution in [1.82, 2.24) is 24.9 Å². The predicted octanol–water partition coefficient (Wildman–Crippen LogP) is 2.51. The average molecular weight is 329 g/mol. The summed E-state index contributed by atoms with van der Waals surface area (Å²) in [5.41, 5.74) is 3.68. The first-order valence-corrected chi connectivity index (χ1v) is 8.48. The van der Waals surface area contributed by atoms with Gasteiger partial charge in [0.05, 0.1) is 5.75 Å². The molecule has 7 heteroatoms. The third-order valence-corrected chi connectivity index (χ3v) is 4.35. The van der Waals surface area contributed by atoms with Crippen LogP contribution in [0.1, 0.15) is 25.1 Å². The van der Waals surface area contributed by atoms with Crippen LogP contribution in [0.4, 0.5) is 0 Å². The van der Waals surface area contributed by atoms with Gasteiger partial charge in [0.2, 0.25) is 5.91 Å². The van der Waals surface area contributed by atoms with E-state index >= 15 is 0 Å². The van der Waals surface area contributed by atoms with E-state index in [-0.39, 0.29) is 11.9 Å². The number of nitrogens with zero attached hydrogens (tertiary/aromatic N) is 4. The predicted molar refractivity (Wildman–Crippen MR) is 91.8 cm³/mol. The Morgan fingerprint density at radius 1 is 1.30 bits per heavy atom. The minimum Gasteiger partial charge on any atom is -0.353 e. The number of rotatable bonds is 4. The van der Waals surface area contributed by atoms with Crippen LogP contribution in [0.15, 0.2) is 23.4 Å². The standard InChI is InChI=1S/C16H19N5OS/c1-9(2)17-14(22)8-23-16-20-19-13-6-5-12-10(3)7-11(4)18-15(12)21(13)16/h5-7,9H,8H2,1-4H3,(H,17,22). The topological polar surface area (TPSA) is 72.2 Å². The lowest BCUT2D eigenvalue weighted by Crippen LogP contribution is -2.31. The highest BCUT2D eigenvalue weighted by molar-refractivity contribution is 7.99. The molecule has 0 aliphatic heterocycles. The second-order valence-electron chi connectivity index (χ2n) is 5.84. The number of thioether (sulfide) groups is 1. The van der Waals surface area contributed by atoms with Gasteiger partial charge in [0.1, 0.15) is 5.65 Å². The SMILES string of the molecule is Cc1cc(C)c2ccc3nnc(SCC(=O)NC(C)C)n3c2n1. The summed E-state index contributed by atoms with van der Waals surface area (Å²) >= 11 is 1.37. The van der Waals surface area contributed by atoms with Gasteiger partial charge in [-0.05, 0) is 51.5 Å². The fraction of sp³-hybridized carbons (Fsp3) is 0.375. The van der Waals surface area contributed by atoms with Crippen molar-refractivity contribution in [3.8, 4) is 0 Å². The summed E-state index contributed by atoms with van der Waals surface area (Å²) < 4.78 is 1.92. The minimum absolute atomic E-state index is 0.0118. The highest BCUT2D eigenvalue weighted by atomic mass is 32.2. The second-order valence-corrected chi connectivity index (χ2v) is 6.78. The molecule has 3 aromatic rings. The lowest BCUT2D eigenvalue weighted by molar-refractivity contribution is -0.119. The molecular weight excluding hydrogens is 310 g/mol. The summed E-state index contributed by atoms with van der Waals surface area (Å²) in [7, 11) is 0. The molecule has 0 saturated heterocycles. The molecule has 3 heterocycles. The summed E-state index contributed by atoms with van der Waals surface area (Å²) in [6.45, 7) is 7.92. The first-order valence-electron chi connectivity index (χ1n) is 7.50. The molecule has 0 atom stereocenters. The molecule has 0 spiro atoms. The second kappa shape index (κ2) is 6.16. The number of aromatic nitrogens is 4. The third-order valence-electron chi connectivity index (χ3n) is 3.42. The lowest BCUT2D eigenvalue weighted by atomic mass is 10.1. The number of aryl methyl sites for hydroxylation is 2. The quantitative estimate of drug-likeness (QED) is 0.745. The molecule has 1 amide bonds. The number of nitrogens with one attached hydrogen (secondary N) is 1. The fourth-order valence-corrected chi connectivity index (χ4v) is 3.29. The summed E-state index contributed by atoms with van der Waals surface area (Å²) in [5.74, 6) is 0.294. The molecule has 0 saturated carbocycles. The Kier molecular flexibility index (Phi) is 4.21. The van der Waals surface area contributed by atoms with Gasteiger partial charge in [-0.1, -0.05) is 11.8 Å². The molecule has 0 radical (unpaired) electrons. The number of carbonyl (C=O) groups is 1. The first-order chi connectivity index (χ1) is 11.0. The van der Waals surface area contributed by atoms with E-state index in [1.807, 2.05) is 37.3 Å². The van der Waals surface area contributed by atoms with E-state index in [0.29, 0.717) is 10.9 Å². The summed E-state index contributed by atoms with van der Waals surface area (Å²) in [6, 6.07) is 6.13. The normalized spacial score (nSPS) is 11.5. The molecule has 0 fully saturated rings. The maximum atomic E-state index is 11.9. The Balaban J connectivity index is 2.01. The largest absolute Gasteiger partial charge is 0.353 e. The van der Waals surface area contributed by atoms with Crippen LogP contribution in [-0.2, 0) is 4.79 Å². The number of pyridine rings is 2. The summed E-state index contributed by atoms with van der Waals surface area (Å²) in [5, 5.41) is 13.0. The van der Waals surface area contributed by atoms with Crippen LogP contribution in [0.2, 0.25) is 0 Å². The monoisotopic (exact) mass is 329 g/mol. The number of carbonyl (C=O) groups excluding carboxylic acids is 1.